The Labute approximate surface area is 134 Å². The van der Waals surface area contributed by atoms with Gasteiger partial charge in [0.05, 0.1) is 9.52 Å². The van der Waals surface area contributed by atoms with Crippen LogP contribution in [0.15, 0.2) is 66.7 Å². The van der Waals surface area contributed by atoms with E-state index in [1.807, 2.05) is 0 Å². The van der Waals surface area contributed by atoms with E-state index in [1.54, 1.807) is 0 Å². The summed E-state index contributed by atoms with van der Waals surface area (Å²) in [6, 6.07) is 24.7. The molecule has 4 rings (SSSR count). The lowest BCUT2D eigenvalue weighted by atomic mass is 10.1. The molecule has 0 spiro atoms. The van der Waals surface area contributed by atoms with E-state index in [9.17, 15) is 0 Å². The van der Waals surface area contributed by atoms with Crippen molar-refractivity contribution >= 4 is 14.7 Å². The van der Waals surface area contributed by atoms with Crippen LogP contribution < -0.4 is 5.19 Å². The van der Waals surface area contributed by atoms with E-state index in [2.05, 4.69) is 80.6 Å². The maximum atomic E-state index is 2.34. The van der Waals surface area contributed by atoms with Crippen LogP contribution in [0.1, 0.15) is 27.8 Å². The van der Waals surface area contributed by atoms with Crippen LogP contribution in [0, 0.1) is 13.8 Å². The maximum absolute atomic E-state index is 2.34. The summed E-state index contributed by atoms with van der Waals surface area (Å²) in [4.78, 5) is 0. The van der Waals surface area contributed by atoms with Crippen LogP contribution in [0.4, 0.5) is 0 Å². The predicted molar refractivity (Wildman–Crippen MR) is 95.0 cm³/mol. The standard InChI is InChI=1S/C21H18Si/c1-14-11-15(2)13-16(12-14)22-21-19-9-5-3-7-17(19)18-8-4-6-10-20(18)21/h3-13,21H,1-2H3. The minimum atomic E-state index is 0.508. The molecule has 0 atom stereocenters. The molecule has 0 aromatic heterocycles. The van der Waals surface area contributed by atoms with Gasteiger partial charge in [-0.25, -0.2) is 0 Å². The zero-order chi connectivity index (χ0) is 15.1. The van der Waals surface area contributed by atoms with E-state index in [1.165, 1.54) is 38.6 Å². The number of aryl methyl sites for hydroxylation is 2. The van der Waals surface area contributed by atoms with Gasteiger partial charge in [-0.1, -0.05) is 83.0 Å². The number of rotatable bonds is 2. The Kier molecular flexibility index (Phi) is 3.23. The van der Waals surface area contributed by atoms with E-state index < -0.39 is 0 Å². The first-order valence-corrected chi connectivity index (χ1v) is 8.83. The Balaban J connectivity index is 1.81. The van der Waals surface area contributed by atoms with Crippen LogP contribution in [0.5, 0.6) is 0 Å². The summed E-state index contributed by atoms with van der Waals surface area (Å²) in [6.07, 6.45) is 0. The van der Waals surface area contributed by atoms with Crippen LogP contribution >= 0.6 is 0 Å². The summed E-state index contributed by atoms with van der Waals surface area (Å²) in [6.45, 7) is 4.38. The first-order valence-electron chi connectivity index (χ1n) is 7.75. The van der Waals surface area contributed by atoms with Gasteiger partial charge in [-0.05, 0) is 36.1 Å². The van der Waals surface area contributed by atoms with Crippen molar-refractivity contribution in [1.29, 1.82) is 0 Å². The lowest BCUT2D eigenvalue weighted by Gasteiger charge is -2.13. The Morgan fingerprint density at radius 1 is 0.682 bits per heavy atom. The van der Waals surface area contributed by atoms with Gasteiger partial charge in [-0.3, -0.25) is 0 Å². The molecule has 1 heteroatoms. The van der Waals surface area contributed by atoms with Crippen molar-refractivity contribution in [3.05, 3.63) is 89.0 Å². The number of hydrogen-bond acceptors (Lipinski definition) is 0. The zero-order valence-electron chi connectivity index (χ0n) is 12.9. The molecule has 0 saturated heterocycles. The van der Waals surface area contributed by atoms with Gasteiger partial charge in [0.1, 0.15) is 0 Å². The third-order valence-electron chi connectivity index (χ3n) is 4.37. The van der Waals surface area contributed by atoms with Crippen molar-refractivity contribution in [3.63, 3.8) is 0 Å². The van der Waals surface area contributed by atoms with Gasteiger partial charge < -0.3 is 0 Å². The van der Waals surface area contributed by atoms with Gasteiger partial charge in [0.2, 0.25) is 0 Å². The summed E-state index contributed by atoms with van der Waals surface area (Å²) in [7, 11) is 0.785. The lowest BCUT2D eigenvalue weighted by molar-refractivity contribution is 1.19. The second-order valence-electron chi connectivity index (χ2n) is 6.13. The summed E-state index contributed by atoms with van der Waals surface area (Å²) in [5, 5.41) is 1.47. The molecule has 0 saturated carbocycles. The normalized spacial score (nSPS) is 13.0. The topological polar surface area (TPSA) is 0 Å². The van der Waals surface area contributed by atoms with E-state index in [-0.39, 0.29) is 0 Å². The van der Waals surface area contributed by atoms with Crippen LogP contribution in [0.3, 0.4) is 0 Å². The highest BCUT2D eigenvalue weighted by molar-refractivity contribution is 6.56. The summed E-state index contributed by atoms with van der Waals surface area (Å²) in [5.41, 5.74) is 9.04. The Bertz CT molecular complexity index is 782. The van der Waals surface area contributed by atoms with E-state index >= 15 is 0 Å². The van der Waals surface area contributed by atoms with E-state index in [4.69, 9.17) is 0 Å². The van der Waals surface area contributed by atoms with Crippen LogP contribution in [-0.2, 0) is 0 Å². The van der Waals surface area contributed by atoms with Crippen molar-refractivity contribution in [3.8, 4) is 11.1 Å². The molecule has 0 N–H and O–H groups in total. The predicted octanol–water partition coefficient (Wildman–Crippen LogP) is 4.40. The molecule has 0 bridgehead atoms. The van der Waals surface area contributed by atoms with Crippen LogP contribution in [0.25, 0.3) is 11.1 Å². The fourth-order valence-corrected chi connectivity index (χ4v) is 5.31. The Morgan fingerprint density at radius 3 is 1.73 bits per heavy atom. The Hall–Kier alpha value is -2.12. The highest BCUT2D eigenvalue weighted by atomic mass is 28.2. The first-order chi connectivity index (χ1) is 10.7. The van der Waals surface area contributed by atoms with Crippen molar-refractivity contribution in [2.24, 2.45) is 0 Å². The maximum Gasteiger partial charge on any atom is 0.0949 e. The average molecular weight is 298 g/mol. The van der Waals surface area contributed by atoms with E-state index in [0.717, 1.165) is 9.52 Å². The van der Waals surface area contributed by atoms with Gasteiger partial charge in [0.25, 0.3) is 0 Å². The zero-order valence-corrected chi connectivity index (χ0v) is 13.9. The Morgan fingerprint density at radius 2 is 1.18 bits per heavy atom. The molecule has 3 aromatic carbocycles. The minimum Gasteiger partial charge on any atom is -0.0627 e. The number of benzene rings is 3. The SMILES string of the molecule is Cc1cc(C)cc([Si]C2c3ccccc3-c3ccccc32)c1. The second kappa shape index (κ2) is 5.26. The summed E-state index contributed by atoms with van der Waals surface area (Å²) >= 11 is 0. The largest absolute Gasteiger partial charge is 0.0949 e. The van der Waals surface area contributed by atoms with Crippen molar-refractivity contribution in [2.45, 2.75) is 19.4 Å². The number of hydrogen-bond donors (Lipinski definition) is 0. The van der Waals surface area contributed by atoms with E-state index in [0.29, 0.717) is 5.54 Å². The highest BCUT2D eigenvalue weighted by Crippen LogP contribution is 2.43. The quantitative estimate of drug-likeness (QED) is 0.615. The molecule has 106 valence electrons. The second-order valence-corrected chi connectivity index (χ2v) is 7.57. The van der Waals surface area contributed by atoms with Crippen LogP contribution in [0.2, 0.25) is 0 Å². The molecule has 1 aliphatic rings. The summed E-state index contributed by atoms with van der Waals surface area (Å²) < 4.78 is 0. The van der Waals surface area contributed by atoms with Crippen molar-refractivity contribution < 1.29 is 0 Å². The molecule has 2 radical (unpaired) electrons. The smallest absolute Gasteiger partial charge is 0.0627 e. The first kappa shape index (κ1) is 13.5. The van der Waals surface area contributed by atoms with Crippen LogP contribution in [-0.4, -0.2) is 9.52 Å². The van der Waals surface area contributed by atoms with Gasteiger partial charge in [0.15, 0.2) is 0 Å². The molecule has 3 aromatic rings. The number of fused-ring (bicyclic) bond motifs is 3. The fraction of sp³-hybridized carbons (Fsp3) is 0.143. The third kappa shape index (κ3) is 2.22. The molecule has 22 heavy (non-hydrogen) atoms. The molecule has 0 unspecified atom stereocenters. The van der Waals surface area contributed by atoms with Gasteiger partial charge in [0, 0.05) is 5.54 Å². The van der Waals surface area contributed by atoms with Gasteiger partial charge in [-0.2, -0.15) is 0 Å². The van der Waals surface area contributed by atoms with Gasteiger partial charge in [-0.15, -0.1) is 0 Å². The van der Waals surface area contributed by atoms with Crippen molar-refractivity contribution in [1.82, 2.24) is 0 Å². The molecule has 0 heterocycles. The highest BCUT2D eigenvalue weighted by Gasteiger charge is 2.28. The average Bonchev–Trinajstić information content (AvgIpc) is 2.81. The molecular weight excluding hydrogens is 280 g/mol. The minimum absolute atomic E-state index is 0.508. The van der Waals surface area contributed by atoms with Crippen molar-refractivity contribution in [2.75, 3.05) is 0 Å². The molecule has 0 aliphatic heterocycles. The molecule has 0 amide bonds. The van der Waals surface area contributed by atoms with Gasteiger partial charge >= 0.3 is 0 Å². The molecular formula is C21H18Si. The molecule has 0 fully saturated rings. The summed E-state index contributed by atoms with van der Waals surface area (Å²) in [5.74, 6) is 0. The lowest BCUT2D eigenvalue weighted by Crippen LogP contribution is -2.22. The molecule has 1 aliphatic carbocycles. The fourth-order valence-electron chi connectivity index (χ4n) is 3.54. The third-order valence-corrected chi connectivity index (χ3v) is 5.90. The monoisotopic (exact) mass is 298 g/mol. The molecule has 0 nitrogen and oxygen atoms in total.